The average molecular weight is 374 g/mol. The van der Waals surface area contributed by atoms with Crippen LogP contribution in [0.5, 0.6) is 0 Å². The van der Waals surface area contributed by atoms with E-state index in [0.717, 1.165) is 35.3 Å². The molecule has 1 aromatic heterocycles. The van der Waals surface area contributed by atoms with Crippen LogP contribution >= 0.6 is 0 Å². The Morgan fingerprint density at radius 2 is 1.96 bits per heavy atom. The van der Waals surface area contributed by atoms with Crippen LogP contribution in [0.3, 0.4) is 0 Å². The summed E-state index contributed by atoms with van der Waals surface area (Å²) >= 11 is 0. The molecule has 28 heavy (non-hydrogen) atoms. The molecule has 6 nitrogen and oxygen atoms in total. The van der Waals surface area contributed by atoms with Gasteiger partial charge in [0.05, 0.1) is 5.69 Å². The van der Waals surface area contributed by atoms with Gasteiger partial charge in [0.25, 0.3) is 5.91 Å². The van der Waals surface area contributed by atoms with Crippen molar-refractivity contribution in [2.24, 2.45) is 0 Å². The molecule has 0 spiro atoms. The van der Waals surface area contributed by atoms with Gasteiger partial charge in [0.15, 0.2) is 0 Å². The maximum Gasteiger partial charge on any atom is 0.251 e. The van der Waals surface area contributed by atoms with Gasteiger partial charge in [-0.15, -0.1) is 0 Å². The van der Waals surface area contributed by atoms with Crippen molar-refractivity contribution in [3.05, 3.63) is 77.6 Å². The first kappa shape index (κ1) is 18.0. The topological polar surface area (TPSA) is 67.2 Å². The minimum absolute atomic E-state index is 0.0366. The number of carbonyl (C=O) groups is 2. The molecule has 0 saturated heterocycles. The number of anilines is 1. The Kier molecular flexibility index (Phi) is 4.93. The van der Waals surface area contributed by atoms with Crippen LogP contribution < -0.4 is 10.2 Å². The molecule has 1 aliphatic heterocycles. The second-order valence-electron chi connectivity index (χ2n) is 6.89. The third kappa shape index (κ3) is 3.67. The van der Waals surface area contributed by atoms with Crippen molar-refractivity contribution < 1.29 is 9.59 Å². The van der Waals surface area contributed by atoms with Crippen LogP contribution in [0.15, 0.2) is 60.9 Å². The van der Waals surface area contributed by atoms with E-state index in [2.05, 4.69) is 22.5 Å². The molecule has 2 amide bonds. The summed E-state index contributed by atoms with van der Waals surface area (Å²) in [6.07, 6.45) is 5.20. The number of amides is 2. The van der Waals surface area contributed by atoms with E-state index in [0.29, 0.717) is 18.7 Å². The summed E-state index contributed by atoms with van der Waals surface area (Å²) in [6.45, 7) is 2.82. The fraction of sp³-hybridized carbons (Fsp3) is 0.227. The Morgan fingerprint density at radius 3 is 2.68 bits per heavy atom. The van der Waals surface area contributed by atoms with Crippen LogP contribution in [0.1, 0.15) is 28.4 Å². The fourth-order valence-corrected chi connectivity index (χ4v) is 3.53. The zero-order chi connectivity index (χ0) is 19.5. The summed E-state index contributed by atoms with van der Waals surface area (Å²) in [4.78, 5) is 25.8. The number of carbonyl (C=O) groups excluding carboxylic acids is 2. The van der Waals surface area contributed by atoms with E-state index in [9.17, 15) is 9.59 Å². The molecular formula is C22H22N4O2. The second-order valence-corrected chi connectivity index (χ2v) is 6.89. The van der Waals surface area contributed by atoms with Crippen molar-refractivity contribution in [2.45, 2.75) is 19.8 Å². The number of benzene rings is 2. The van der Waals surface area contributed by atoms with Crippen LogP contribution in [0, 0.1) is 0 Å². The van der Waals surface area contributed by atoms with E-state index in [1.807, 2.05) is 41.2 Å². The monoisotopic (exact) mass is 374 g/mol. The standard InChI is InChI=1S/C22H22N4O2/c1-16(27)25-14-10-18-15-19(5-8-21(18)25)22(28)23-12-9-17-3-6-20(7-4-17)26-13-2-11-24-26/h2-8,11,13,15H,9-10,12,14H2,1H3,(H,23,28). The Labute approximate surface area is 163 Å². The summed E-state index contributed by atoms with van der Waals surface area (Å²) in [5.74, 6) is -0.0493. The van der Waals surface area contributed by atoms with Crippen LogP contribution in [0.4, 0.5) is 5.69 Å². The van der Waals surface area contributed by atoms with Gasteiger partial charge in [0, 0.05) is 43.7 Å². The number of hydrogen-bond donors (Lipinski definition) is 1. The minimum Gasteiger partial charge on any atom is -0.352 e. The average Bonchev–Trinajstić information content (AvgIpc) is 3.38. The van der Waals surface area contributed by atoms with Gasteiger partial charge in [-0.05, 0) is 60.4 Å². The zero-order valence-corrected chi connectivity index (χ0v) is 15.8. The van der Waals surface area contributed by atoms with Gasteiger partial charge in [-0.2, -0.15) is 5.10 Å². The van der Waals surface area contributed by atoms with Crippen molar-refractivity contribution in [2.75, 3.05) is 18.0 Å². The molecule has 1 N–H and O–H groups in total. The van der Waals surface area contributed by atoms with Crippen LogP contribution in [0.2, 0.25) is 0 Å². The molecule has 0 bridgehead atoms. The molecule has 0 radical (unpaired) electrons. The first-order chi connectivity index (χ1) is 13.6. The van der Waals surface area contributed by atoms with Gasteiger partial charge < -0.3 is 10.2 Å². The maximum atomic E-state index is 12.5. The summed E-state index contributed by atoms with van der Waals surface area (Å²) in [7, 11) is 0. The quantitative estimate of drug-likeness (QED) is 0.747. The van der Waals surface area contributed by atoms with Crippen molar-refractivity contribution in [3.63, 3.8) is 0 Å². The molecule has 3 aromatic rings. The lowest BCUT2D eigenvalue weighted by atomic mass is 10.1. The minimum atomic E-state index is -0.0859. The third-order valence-corrected chi connectivity index (χ3v) is 5.02. The molecule has 6 heteroatoms. The molecule has 0 unspecified atom stereocenters. The molecule has 4 rings (SSSR count). The number of nitrogens with one attached hydrogen (secondary N) is 1. The van der Waals surface area contributed by atoms with E-state index in [1.165, 1.54) is 0 Å². The van der Waals surface area contributed by atoms with Crippen LogP contribution in [0.25, 0.3) is 5.69 Å². The number of fused-ring (bicyclic) bond motifs is 1. The van der Waals surface area contributed by atoms with Gasteiger partial charge >= 0.3 is 0 Å². The Balaban J connectivity index is 1.33. The molecule has 0 fully saturated rings. The summed E-state index contributed by atoms with van der Waals surface area (Å²) < 4.78 is 1.81. The highest BCUT2D eigenvalue weighted by molar-refractivity contribution is 5.97. The predicted molar refractivity (Wildman–Crippen MR) is 108 cm³/mol. The molecule has 1 aliphatic rings. The molecule has 142 valence electrons. The number of hydrogen-bond acceptors (Lipinski definition) is 3. The highest BCUT2D eigenvalue weighted by atomic mass is 16.2. The summed E-state index contributed by atoms with van der Waals surface area (Å²) in [6, 6.07) is 15.6. The number of aromatic nitrogens is 2. The van der Waals surface area contributed by atoms with E-state index < -0.39 is 0 Å². The lowest BCUT2D eigenvalue weighted by Gasteiger charge is -2.14. The second kappa shape index (κ2) is 7.68. The van der Waals surface area contributed by atoms with Gasteiger partial charge in [0.2, 0.25) is 5.91 Å². The maximum absolute atomic E-state index is 12.5. The van der Waals surface area contributed by atoms with Crippen LogP contribution in [-0.2, 0) is 17.6 Å². The van der Waals surface area contributed by atoms with Gasteiger partial charge in [0.1, 0.15) is 0 Å². The summed E-state index contributed by atoms with van der Waals surface area (Å²) in [5.41, 5.74) is 4.77. The molecular weight excluding hydrogens is 352 g/mol. The lowest BCUT2D eigenvalue weighted by molar-refractivity contribution is -0.116. The van der Waals surface area contributed by atoms with E-state index in [1.54, 1.807) is 24.1 Å². The molecule has 2 aromatic carbocycles. The molecule has 0 atom stereocenters. The highest BCUT2D eigenvalue weighted by Crippen LogP contribution is 2.28. The SMILES string of the molecule is CC(=O)N1CCc2cc(C(=O)NCCc3ccc(-n4cccn4)cc3)ccc21. The normalized spacial score (nSPS) is 12.7. The Bertz CT molecular complexity index is 994. The van der Waals surface area contributed by atoms with Crippen molar-refractivity contribution >= 4 is 17.5 Å². The van der Waals surface area contributed by atoms with Crippen molar-refractivity contribution in [1.82, 2.24) is 15.1 Å². The zero-order valence-electron chi connectivity index (χ0n) is 15.8. The molecule has 0 aliphatic carbocycles. The third-order valence-electron chi connectivity index (χ3n) is 5.02. The lowest BCUT2D eigenvalue weighted by Crippen LogP contribution is -2.26. The predicted octanol–water partition coefficient (Wildman–Crippen LogP) is 2.75. The molecule has 0 saturated carbocycles. The molecule has 2 heterocycles. The first-order valence-electron chi connectivity index (χ1n) is 9.40. The Morgan fingerprint density at radius 1 is 1.14 bits per heavy atom. The van der Waals surface area contributed by atoms with Crippen molar-refractivity contribution in [3.8, 4) is 5.69 Å². The van der Waals surface area contributed by atoms with Crippen molar-refractivity contribution in [1.29, 1.82) is 0 Å². The first-order valence-corrected chi connectivity index (χ1v) is 9.40. The van der Waals surface area contributed by atoms with Gasteiger partial charge in [-0.25, -0.2) is 4.68 Å². The highest BCUT2D eigenvalue weighted by Gasteiger charge is 2.23. The Hall–Kier alpha value is -3.41. The van der Waals surface area contributed by atoms with E-state index >= 15 is 0 Å². The largest absolute Gasteiger partial charge is 0.352 e. The van der Waals surface area contributed by atoms with Crippen LogP contribution in [-0.4, -0.2) is 34.7 Å². The van der Waals surface area contributed by atoms with Gasteiger partial charge in [-0.1, -0.05) is 12.1 Å². The van der Waals surface area contributed by atoms with Gasteiger partial charge in [-0.3, -0.25) is 9.59 Å². The van der Waals surface area contributed by atoms with E-state index in [4.69, 9.17) is 0 Å². The number of rotatable bonds is 5. The fourth-order valence-electron chi connectivity index (χ4n) is 3.53. The summed E-state index contributed by atoms with van der Waals surface area (Å²) in [5, 5.41) is 7.19. The smallest absolute Gasteiger partial charge is 0.251 e. The number of nitrogens with zero attached hydrogens (tertiary/aromatic N) is 3. The van der Waals surface area contributed by atoms with E-state index in [-0.39, 0.29) is 11.8 Å².